The highest BCUT2D eigenvalue weighted by Gasteiger charge is 2.37. The van der Waals surface area contributed by atoms with Crippen LogP contribution in [0.25, 0.3) is 10.8 Å². The summed E-state index contributed by atoms with van der Waals surface area (Å²) in [6.45, 7) is 0. The number of halogens is 1. The summed E-state index contributed by atoms with van der Waals surface area (Å²) >= 11 is 1.54. The molecule has 0 saturated heterocycles. The first-order valence-electron chi connectivity index (χ1n) is 9.54. The van der Waals surface area contributed by atoms with Gasteiger partial charge in [-0.15, -0.1) is 11.8 Å². The van der Waals surface area contributed by atoms with Gasteiger partial charge in [0.15, 0.2) is 0 Å². The zero-order valence-corrected chi connectivity index (χ0v) is 17.5. The molecule has 0 fully saturated rings. The van der Waals surface area contributed by atoms with E-state index in [1.165, 1.54) is 23.9 Å². The Bertz CT molecular complexity index is 1320. The van der Waals surface area contributed by atoms with Gasteiger partial charge in [0.05, 0.1) is 16.2 Å². The van der Waals surface area contributed by atoms with Gasteiger partial charge >= 0.3 is 0 Å². The Labute approximate surface area is 179 Å². The fraction of sp³-hybridized carbons (Fsp3) is 0.0833. The van der Waals surface area contributed by atoms with Crippen molar-refractivity contribution in [1.29, 1.82) is 0 Å². The fourth-order valence-corrected chi connectivity index (χ4v) is 6.59. The number of benzene rings is 4. The molecule has 2 atom stereocenters. The highest BCUT2D eigenvalue weighted by Crippen LogP contribution is 2.53. The van der Waals surface area contributed by atoms with E-state index in [1.807, 2.05) is 36.4 Å². The van der Waals surface area contributed by atoms with E-state index in [9.17, 15) is 12.8 Å². The molecule has 0 unspecified atom stereocenters. The van der Waals surface area contributed by atoms with Crippen molar-refractivity contribution >= 4 is 32.6 Å². The van der Waals surface area contributed by atoms with E-state index in [0.29, 0.717) is 0 Å². The molecule has 1 aliphatic rings. The second-order valence-electron chi connectivity index (χ2n) is 7.20. The maximum Gasteiger partial charge on any atom is 0.241 e. The Morgan fingerprint density at radius 1 is 0.767 bits per heavy atom. The monoisotopic (exact) mass is 435 g/mol. The van der Waals surface area contributed by atoms with Crippen molar-refractivity contribution in [2.45, 2.75) is 21.1 Å². The molecule has 4 aromatic rings. The van der Waals surface area contributed by atoms with Gasteiger partial charge < -0.3 is 0 Å². The molecule has 5 rings (SSSR count). The predicted molar refractivity (Wildman–Crippen MR) is 118 cm³/mol. The van der Waals surface area contributed by atoms with Crippen LogP contribution < -0.4 is 4.72 Å². The first-order valence-corrected chi connectivity index (χ1v) is 11.9. The summed E-state index contributed by atoms with van der Waals surface area (Å²) < 4.78 is 42.6. The van der Waals surface area contributed by atoms with Crippen LogP contribution in [-0.4, -0.2) is 8.42 Å². The quantitative estimate of drug-likeness (QED) is 0.428. The molecule has 0 amide bonds. The number of sulfonamides is 1. The van der Waals surface area contributed by atoms with Crippen molar-refractivity contribution in [3.8, 4) is 0 Å². The van der Waals surface area contributed by atoms with Gasteiger partial charge in [0.2, 0.25) is 10.0 Å². The summed E-state index contributed by atoms with van der Waals surface area (Å²) in [7, 11) is -3.71. The summed E-state index contributed by atoms with van der Waals surface area (Å²) in [6.07, 6.45) is 0. The third-order valence-corrected chi connectivity index (χ3v) is 8.11. The van der Waals surface area contributed by atoms with Gasteiger partial charge in [0, 0.05) is 4.90 Å². The molecule has 0 saturated carbocycles. The summed E-state index contributed by atoms with van der Waals surface area (Å²) in [4.78, 5) is 1.12. The molecule has 0 radical (unpaired) electrons. The predicted octanol–water partition coefficient (Wildman–Crippen LogP) is 5.85. The zero-order valence-electron chi connectivity index (χ0n) is 15.8. The van der Waals surface area contributed by atoms with E-state index < -0.39 is 16.1 Å². The highest BCUT2D eigenvalue weighted by atomic mass is 32.2. The second-order valence-corrected chi connectivity index (χ2v) is 10.1. The minimum absolute atomic E-state index is 0.171. The lowest BCUT2D eigenvalue weighted by Gasteiger charge is -2.23. The van der Waals surface area contributed by atoms with Crippen LogP contribution in [0.1, 0.15) is 22.4 Å². The van der Waals surface area contributed by atoms with Gasteiger partial charge in [-0.1, -0.05) is 54.6 Å². The summed E-state index contributed by atoms with van der Waals surface area (Å²) in [5.74, 6) is -0.294. The molecule has 3 nitrogen and oxygen atoms in total. The van der Waals surface area contributed by atoms with Crippen molar-refractivity contribution in [2.24, 2.45) is 0 Å². The number of nitrogens with one attached hydrogen (secondary N) is 1. The lowest BCUT2D eigenvalue weighted by atomic mass is 10.1. The maximum absolute atomic E-state index is 13.4. The normalized spacial score (nSPS) is 18.0. The summed E-state index contributed by atoms with van der Waals surface area (Å²) in [5.41, 5.74) is 2.04. The van der Waals surface area contributed by atoms with E-state index in [-0.39, 0.29) is 16.0 Å². The molecule has 1 aliphatic carbocycles. The number of hydrogen-bond acceptors (Lipinski definition) is 3. The molecule has 0 aliphatic heterocycles. The Morgan fingerprint density at radius 2 is 1.43 bits per heavy atom. The first kappa shape index (κ1) is 19.3. The number of rotatable bonds is 5. The van der Waals surface area contributed by atoms with Crippen molar-refractivity contribution in [1.82, 2.24) is 4.72 Å². The fourth-order valence-electron chi connectivity index (χ4n) is 3.99. The lowest BCUT2D eigenvalue weighted by Crippen LogP contribution is -2.29. The highest BCUT2D eigenvalue weighted by molar-refractivity contribution is 7.99. The molecule has 0 heterocycles. The summed E-state index contributed by atoms with van der Waals surface area (Å²) in [5, 5.41) is 1.99. The number of thioether (sulfide) groups is 1. The Hall–Kier alpha value is -2.67. The van der Waals surface area contributed by atoms with Crippen LogP contribution in [0.15, 0.2) is 101 Å². The van der Waals surface area contributed by atoms with Crippen LogP contribution in [0.3, 0.4) is 0 Å². The molecule has 30 heavy (non-hydrogen) atoms. The minimum atomic E-state index is -3.71. The van der Waals surface area contributed by atoms with Crippen LogP contribution in [0.5, 0.6) is 0 Å². The van der Waals surface area contributed by atoms with Crippen LogP contribution >= 0.6 is 11.8 Å². The average Bonchev–Trinajstić information content (AvgIpc) is 3.05. The third kappa shape index (κ3) is 3.41. The molecular weight excluding hydrogens is 417 g/mol. The lowest BCUT2D eigenvalue weighted by molar-refractivity contribution is 0.557. The largest absolute Gasteiger partial charge is 0.241 e. The summed E-state index contributed by atoms with van der Waals surface area (Å²) in [6, 6.07) is 26.3. The van der Waals surface area contributed by atoms with Crippen molar-refractivity contribution in [3.63, 3.8) is 0 Å². The van der Waals surface area contributed by atoms with Gasteiger partial charge in [-0.2, -0.15) is 0 Å². The van der Waals surface area contributed by atoms with Crippen molar-refractivity contribution in [2.75, 3.05) is 0 Å². The van der Waals surface area contributed by atoms with Gasteiger partial charge in [-0.05, 0) is 58.3 Å². The third-order valence-electron chi connectivity index (χ3n) is 5.33. The van der Waals surface area contributed by atoms with Gasteiger partial charge in [0.1, 0.15) is 5.82 Å². The van der Waals surface area contributed by atoms with E-state index in [2.05, 4.69) is 4.72 Å². The molecule has 6 heteroatoms. The molecule has 0 spiro atoms. The van der Waals surface area contributed by atoms with Gasteiger partial charge in [-0.25, -0.2) is 17.5 Å². The Morgan fingerprint density at radius 3 is 2.13 bits per heavy atom. The maximum atomic E-state index is 13.4. The number of hydrogen-bond donors (Lipinski definition) is 1. The Kier molecular flexibility index (Phi) is 4.85. The van der Waals surface area contributed by atoms with Gasteiger partial charge in [0.25, 0.3) is 0 Å². The van der Waals surface area contributed by atoms with Crippen molar-refractivity contribution in [3.05, 3.63) is 108 Å². The van der Waals surface area contributed by atoms with E-state index in [0.717, 1.165) is 26.8 Å². The van der Waals surface area contributed by atoms with E-state index in [1.54, 1.807) is 42.5 Å². The molecule has 0 aromatic heterocycles. The van der Waals surface area contributed by atoms with Crippen LogP contribution in [-0.2, 0) is 10.0 Å². The standard InChI is InChI=1S/C24H18FNO2S2/c25-17-12-14-18(15-13-17)29-24-21-11-5-7-16-6-4-10-20(22(16)21)23(24)26-30(27,28)19-8-2-1-3-9-19/h1-15,23-24,26H/t23-,24+/m1/s1. The first-order chi connectivity index (χ1) is 14.5. The molecule has 4 aromatic carbocycles. The average molecular weight is 436 g/mol. The molecule has 150 valence electrons. The van der Waals surface area contributed by atoms with Crippen molar-refractivity contribution < 1.29 is 12.8 Å². The van der Waals surface area contributed by atoms with Gasteiger partial charge in [-0.3, -0.25) is 0 Å². The molecule has 1 N–H and O–H groups in total. The molecular formula is C24H18FNO2S2. The van der Waals surface area contributed by atoms with Crippen LogP contribution in [0, 0.1) is 5.82 Å². The minimum Gasteiger partial charge on any atom is -0.207 e. The van der Waals surface area contributed by atoms with Crippen LogP contribution in [0.4, 0.5) is 4.39 Å². The smallest absolute Gasteiger partial charge is 0.207 e. The SMILES string of the molecule is O=S(=O)(N[C@@H]1c2cccc3cccc(c23)[C@@H]1Sc1ccc(F)cc1)c1ccccc1. The van der Waals surface area contributed by atoms with Crippen LogP contribution in [0.2, 0.25) is 0 Å². The van der Waals surface area contributed by atoms with E-state index >= 15 is 0 Å². The molecule has 0 bridgehead atoms. The second kappa shape index (κ2) is 7.54. The van der Waals surface area contributed by atoms with E-state index in [4.69, 9.17) is 0 Å². The topological polar surface area (TPSA) is 46.2 Å². The Balaban J connectivity index is 1.60. The zero-order chi connectivity index (χ0) is 20.7.